The molecule has 23 heavy (non-hydrogen) atoms. The molecule has 3 heteroatoms. The van der Waals surface area contributed by atoms with Gasteiger partial charge in [0.25, 0.3) is 5.91 Å². The molecule has 1 saturated heterocycles. The number of carbonyl (C=O) groups excluding carboxylic acids is 1. The second kappa shape index (κ2) is 6.74. The molecule has 0 unspecified atom stereocenters. The highest BCUT2D eigenvalue weighted by Crippen LogP contribution is 2.47. The Balaban J connectivity index is 1.58. The Morgan fingerprint density at radius 2 is 1.78 bits per heavy atom. The minimum Gasteiger partial charge on any atom is -0.339 e. The van der Waals surface area contributed by atoms with E-state index in [1.54, 1.807) is 24.3 Å². The summed E-state index contributed by atoms with van der Waals surface area (Å²) in [6.07, 6.45) is 9.09. The van der Waals surface area contributed by atoms with Crippen LogP contribution in [0.15, 0.2) is 24.3 Å². The number of piperidine rings is 1. The molecule has 3 rings (SSSR count). The van der Waals surface area contributed by atoms with Crippen LogP contribution in [0.4, 0.5) is 0 Å². The molecule has 0 radical (unpaired) electrons. The number of hydrogen-bond acceptors (Lipinski definition) is 2. The summed E-state index contributed by atoms with van der Waals surface area (Å²) in [6, 6.07) is 9.10. The van der Waals surface area contributed by atoms with E-state index < -0.39 is 0 Å². The number of hydrogen-bond donors (Lipinski definition) is 0. The molecular formula is C20H26N2O. The van der Waals surface area contributed by atoms with E-state index >= 15 is 0 Å². The van der Waals surface area contributed by atoms with Gasteiger partial charge in [0.15, 0.2) is 0 Å². The number of rotatable bonds is 2. The lowest BCUT2D eigenvalue weighted by molar-refractivity contribution is 0.0399. The molecule has 1 aliphatic heterocycles. The standard InChI is InChI=1S/C20H26N2O/c1-2-16-7-9-20(10-8-16)11-13-22(14-12-20)19(23)18-5-3-17(15-21)4-6-18/h3-6,16H,2,7-14H2,1H3. The van der Waals surface area contributed by atoms with Gasteiger partial charge in [-0.1, -0.05) is 13.3 Å². The Kier molecular flexibility index (Phi) is 4.71. The van der Waals surface area contributed by atoms with Crippen LogP contribution < -0.4 is 0 Å². The maximum absolute atomic E-state index is 12.6. The van der Waals surface area contributed by atoms with Gasteiger partial charge >= 0.3 is 0 Å². The van der Waals surface area contributed by atoms with E-state index in [2.05, 4.69) is 13.0 Å². The first kappa shape index (κ1) is 16.1. The molecule has 1 aromatic carbocycles. The fourth-order valence-electron chi connectivity index (χ4n) is 4.25. The summed E-state index contributed by atoms with van der Waals surface area (Å²) < 4.78 is 0. The highest BCUT2D eigenvalue weighted by Gasteiger charge is 2.38. The van der Waals surface area contributed by atoms with Crippen LogP contribution >= 0.6 is 0 Å². The van der Waals surface area contributed by atoms with E-state index in [0.717, 1.165) is 31.8 Å². The third-order valence-electron chi connectivity index (χ3n) is 6.12. The fraction of sp³-hybridized carbons (Fsp3) is 0.600. The molecule has 1 aliphatic carbocycles. The lowest BCUT2D eigenvalue weighted by Gasteiger charge is -2.46. The van der Waals surface area contributed by atoms with E-state index in [1.807, 2.05) is 4.90 Å². The molecule has 0 N–H and O–H groups in total. The Hall–Kier alpha value is -1.82. The zero-order valence-electron chi connectivity index (χ0n) is 14.1. The zero-order valence-corrected chi connectivity index (χ0v) is 14.1. The first-order valence-corrected chi connectivity index (χ1v) is 8.95. The lowest BCUT2D eigenvalue weighted by atomic mass is 9.65. The number of amides is 1. The SMILES string of the molecule is CCC1CCC2(CC1)CCN(C(=O)c1ccc(C#N)cc1)CC2. The van der Waals surface area contributed by atoms with Gasteiger partial charge in [-0.3, -0.25) is 4.79 Å². The zero-order chi connectivity index (χ0) is 16.3. The fourth-order valence-corrected chi connectivity index (χ4v) is 4.25. The second-order valence-corrected chi connectivity index (χ2v) is 7.33. The van der Waals surface area contributed by atoms with Crippen LogP contribution in [0.2, 0.25) is 0 Å². The van der Waals surface area contributed by atoms with Gasteiger partial charge in [-0.25, -0.2) is 0 Å². The number of benzene rings is 1. The highest BCUT2D eigenvalue weighted by atomic mass is 16.2. The topological polar surface area (TPSA) is 44.1 Å². The van der Waals surface area contributed by atoms with Crippen molar-refractivity contribution in [3.63, 3.8) is 0 Å². The molecule has 1 heterocycles. The van der Waals surface area contributed by atoms with Crippen molar-refractivity contribution in [2.75, 3.05) is 13.1 Å². The summed E-state index contributed by atoms with van der Waals surface area (Å²) in [5, 5.41) is 8.85. The number of nitriles is 1. The van der Waals surface area contributed by atoms with Gasteiger partial charge in [-0.2, -0.15) is 5.26 Å². The monoisotopic (exact) mass is 310 g/mol. The normalized spacial score (nSPS) is 21.1. The van der Waals surface area contributed by atoms with Gasteiger partial charge < -0.3 is 4.90 Å². The maximum atomic E-state index is 12.6. The van der Waals surface area contributed by atoms with Gasteiger partial charge in [0.2, 0.25) is 0 Å². The number of likely N-dealkylation sites (tertiary alicyclic amines) is 1. The smallest absolute Gasteiger partial charge is 0.253 e. The quantitative estimate of drug-likeness (QED) is 0.813. The van der Waals surface area contributed by atoms with E-state index in [1.165, 1.54) is 32.1 Å². The van der Waals surface area contributed by atoms with Crippen LogP contribution in [0.3, 0.4) is 0 Å². The van der Waals surface area contributed by atoms with Crippen molar-refractivity contribution in [3.8, 4) is 6.07 Å². The van der Waals surface area contributed by atoms with Crippen molar-refractivity contribution >= 4 is 5.91 Å². The predicted molar refractivity (Wildman–Crippen MR) is 91.0 cm³/mol. The van der Waals surface area contributed by atoms with Crippen LogP contribution in [0.25, 0.3) is 0 Å². The van der Waals surface area contributed by atoms with Crippen LogP contribution in [0, 0.1) is 22.7 Å². The number of carbonyl (C=O) groups is 1. The summed E-state index contributed by atoms with van der Waals surface area (Å²) in [5.41, 5.74) is 1.81. The molecule has 122 valence electrons. The highest BCUT2D eigenvalue weighted by molar-refractivity contribution is 5.94. The van der Waals surface area contributed by atoms with Crippen molar-refractivity contribution in [3.05, 3.63) is 35.4 Å². The summed E-state index contributed by atoms with van der Waals surface area (Å²) in [4.78, 5) is 14.6. The van der Waals surface area contributed by atoms with Gasteiger partial charge in [-0.05, 0) is 74.1 Å². The molecular weight excluding hydrogens is 284 g/mol. The van der Waals surface area contributed by atoms with Gasteiger partial charge in [0.05, 0.1) is 11.6 Å². The van der Waals surface area contributed by atoms with Crippen molar-refractivity contribution in [1.29, 1.82) is 5.26 Å². The minimum atomic E-state index is 0.117. The summed E-state index contributed by atoms with van der Waals surface area (Å²) in [5.74, 6) is 1.05. The van der Waals surface area contributed by atoms with Crippen LogP contribution in [-0.2, 0) is 0 Å². The molecule has 0 atom stereocenters. The molecule has 1 saturated carbocycles. The third kappa shape index (κ3) is 3.42. The third-order valence-corrected chi connectivity index (χ3v) is 6.12. The van der Waals surface area contributed by atoms with Crippen molar-refractivity contribution in [1.82, 2.24) is 4.90 Å². The maximum Gasteiger partial charge on any atom is 0.253 e. The number of nitrogens with zero attached hydrogens (tertiary/aromatic N) is 2. The summed E-state index contributed by atoms with van der Waals surface area (Å²) >= 11 is 0. The Morgan fingerprint density at radius 1 is 1.17 bits per heavy atom. The first-order chi connectivity index (χ1) is 11.2. The van der Waals surface area contributed by atoms with Crippen LogP contribution in [-0.4, -0.2) is 23.9 Å². The van der Waals surface area contributed by atoms with Gasteiger partial charge in [0, 0.05) is 18.7 Å². The Labute approximate surface area is 139 Å². The van der Waals surface area contributed by atoms with Gasteiger partial charge in [-0.15, -0.1) is 0 Å². The molecule has 2 aliphatic rings. The largest absolute Gasteiger partial charge is 0.339 e. The van der Waals surface area contributed by atoms with E-state index in [4.69, 9.17) is 5.26 Å². The Bertz CT molecular complexity index is 581. The molecule has 1 spiro atoms. The van der Waals surface area contributed by atoms with Crippen molar-refractivity contribution < 1.29 is 4.79 Å². The summed E-state index contributed by atoms with van der Waals surface area (Å²) in [6.45, 7) is 4.08. The van der Waals surface area contributed by atoms with Crippen molar-refractivity contribution in [2.45, 2.75) is 51.9 Å². The average Bonchev–Trinajstić information content (AvgIpc) is 2.63. The van der Waals surface area contributed by atoms with Crippen LogP contribution in [0.5, 0.6) is 0 Å². The minimum absolute atomic E-state index is 0.117. The van der Waals surface area contributed by atoms with E-state index in [-0.39, 0.29) is 5.91 Å². The van der Waals surface area contributed by atoms with E-state index in [9.17, 15) is 4.79 Å². The van der Waals surface area contributed by atoms with Crippen LogP contribution in [0.1, 0.15) is 67.8 Å². The average molecular weight is 310 g/mol. The molecule has 3 nitrogen and oxygen atoms in total. The van der Waals surface area contributed by atoms with E-state index in [0.29, 0.717) is 16.5 Å². The summed E-state index contributed by atoms with van der Waals surface area (Å²) in [7, 11) is 0. The first-order valence-electron chi connectivity index (χ1n) is 8.95. The molecule has 0 bridgehead atoms. The molecule has 1 amide bonds. The lowest BCUT2D eigenvalue weighted by Crippen LogP contribution is -2.44. The molecule has 0 aromatic heterocycles. The Morgan fingerprint density at radius 3 is 2.30 bits per heavy atom. The van der Waals surface area contributed by atoms with Gasteiger partial charge in [0.1, 0.15) is 0 Å². The molecule has 1 aromatic rings. The van der Waals surface area contributed by atoms with Crippen molar-refractivity contribution in [2.24, 2.45) is 11.3 Å². The molecule has 2 fully saturated rings. The predicted octanol–water partition coefficient (Wildman–Crippen LogP) is 4.38. The second-order valence-electron chi connectivity index (χ2n) is 7.33.